The van der Waals surface area contributed by atoms with Crippen LogP contribution in [0.25, 0.3) is 0 Å². The molecule has 0 aliphatic carbocycles. The summed E-state index contributed by atoms with van der Waals surface area (Å²) in [6, 6.07) is 3.44. The van der Waals surface area contributed by atoms with Crippen molar-refractivity contribution in [3.63, 3.8) is 0 Å². The molecule has 1 atom stereocenters. The lowest BCUT2D eigenvalue weighted by molar-refractivity contribution is -0.153. The maximum Gasteiger partial charge on any atom is 0.422 e. The van der Waals surface area contributed by atoms with Crippen molar-refractivity contribution in [1.82, 2.24) is 5.32 Å². The van der Waals surface area contributed by atoms with Gasteiger partial charge in [0.05, 0.1) is 6.42 Å². The second-order valence-corrected chi connectivity index (χ2v) is 4.81. The summed E-state index contributed by atoms with van der Waals surface area (Å²) in [5, 5.41) is 10.7. The highest BCUT2D eigenvalue weighted by Gasteiger charge is 2.28. The van der Waals surface area contributed by atoms with Gasteiger partial charge >= 0.3 is 12.1 Å². The largest absolute Gasteiger partial charge is 0.484 e. The van der Waals surface area contributed by atoms with Crippen molar-refractivity contribution in [2.75, 3.05) is 6.61 Å². The molecule has 0 fully saturated rings. The second-order valence-electron chi connectivity index (χ2n) is 4.81. The summed E-state index contributed by atoms with van der Waals surface area (Å²) < 4.78 is 65.2. The van der Waals surface area contributed by atoms with E-state index in [1.165, 1.54) is 24.3 Å². The molecule has 1 rings (SSSR count). The van der Waals surface area contributed by atoms with Gasteiger partial charge in [0.2, 0.25) is 12.3 Å². The number of carbonyl (C=O) groups excluding carboxylic acids is 1. The Labute approximate surface area is 133 Å². The number of aliphatic carboxylic acids is 1. The zero-order chi connectivity index (χ0) is 18.3. The van der Waals surface area contributed by atoms with Crippen LogP contribution in [0.4, 0.5) is 22.0 Å². The van der Waals surface area contributed by atoms with E-state index in [2.05, 4.69) is 4.74 Å². The second kappa shape index (κ2) is 8.46. The number of alkyl halides is 5. The van der Waals surface area contributed by atoms with Gasteiger partial charge < -0.3 is 15.2 Å². The van der Waals surface area contributed by atoms with E-state index in [1.54, 1.807) is 0 Å². The molecule has 0 spiro atoms. The number of rotatable bonds is 8. The molecular formula is C14H14F5NO4. The van der Waals surface area contributed by atoms with E-state index in [4.69, 9.17) is 5.11 Å². The molecule has 24 heavy (non-hydrogen) atoms. The zero-order valence-corrected chi connectivity index (χ0v) is 12.1. The smallest absolute Gasteiger partial charge is 0.422 e. The number of nitrogens with one attached hydrogen (secondary N) is 1. The molecule has 0 saturated heterocycles. The minimum atomic E-state index is -4.52. The minimum absolute atomic E-state index is 0.125. The first-order valence-electron chi connectivity index (χ1n) is 6.65. The first kappa shape index (κ1) is 19.7. The van der Waals surface area contributed by atoms with Gasteiger partial charge in [0, 0.05) is 6.42 Å². The van der Waals surface area contributed by atoms with Gasteiger partial charge in [-0.15, -0.1) is 0 Å². The third-order valence-electron chi connectivity index (χ3n) is 2.71. The number of hydrogen-bond donors (Lipinski definition) is 2. The Morgan fingerprint density at radius 3 is 2.46 bits per heavy atom. The monoisotopic (exact) mass is 355 g/mol. The fraction of sp³-hybridized carbons (Fsp3) is 0.429. The van der Waals surface area contributed by atoms with Crippen LogP contribution in [0.3, 0.4) is 0 Å². The van der Waals surface area contributed by atoms with Crippen molar-refractivity contribution in [2.45, 2.75) is 31.5 Å². The molecule has 0 radical (unpaired) electrons. The van der Waals surface area contributed by atoms with Gasteiger partial charge in [0.25, 0.3) is 0 Å². The van der Waals surface area contributed by atoms with Crippen LogP contribution in [0.2, 0.25) is 0 Å². The van der Waals surface area contributed by atoms with E-state index in [9.17, 15) is 31.5 Å². The van der Waals surface area contributed by atoms with Crippen LogP contribution in [0.5, 0.6) is 5.75 Å². The first-order valence-corrected chi connectivity index (χ1v) is 6.65. The Bertz CT molecular complexity index is 577. The summed E-state index contributed by atoms with van der Waals surface area (Å²) in [6.07, 6.45) is -8.87. The molecule has 1 aromatic rings. The minimum Gasteiger partial charge on any atom is -0.484 e. The van der Waals surface area contributed by atoms with Crippen LogP contribution < -0.4 is 10.1 Å². The van der Waals surface area contributed by atoms with Gasteiger partial charge in [-0.05, 0) is 17.7 Å². The Balaban J connectivity index is 2.64. The van der Waals surface area contributed by atoms with Crippen molar-refractivity contribution in [1.29, 1.82) is 0 Å². The summed E-state index contributed by atoms with van der Waals surface area (Å²) in [4.78, 5) is 22.5. The number of benzene rings is 1. The van der Waals surface area contributed by atoms with Crippen LogP contribution in [-0.4, -0.2) is 42.2 Å². The summed E-state index contributed by atoms with van der Waals surface area (Å²) in [5.74, 6) is -2.58. The van der Waals surface area contributed by atoms with Crippen LogP contribution in [0, 0.1) is 0 Å². The number of hydrogen-bond acceptors (Lipinski definition) is 3. The van der Waals surface area contributed by atoms with Crippen molar-refractivity contribution in [3.8, 4) is 5.75 Å². The SMILES string of the molecule is O=C(Cc1cccc(OCC(F)(F)F)c1)NC(CC(F)F)C(=O)O. The predicted octanol–water partition coefficient (Wildman–Crippen LogP) is 2.39. The normalized spacial score (nSPS) is 12.8. The summed E-state index contributed by atoms with van der Waals surface area (Å²) >= 11 is 0. The van der Waals surface area contributed by atoms with Crippen LogP contribution in [-0.2, 0) is 16.0 Å². The van der Waals surface area contributed by atoms with E-state index in [1.807, 2.05) is 5.32 Å². The molecule has 0 heterocycles. The molecule has 0 aromatic heterocycles. The maximum absolute atomic E-state index is 12.2. The summed E-state index contributed by atoms with van der Waals surface area (Å²) in [7, 11) is 0. The third kappa shape index (κ3) is 7.75. The summed E-state index contributed by atoms with van der Waals surface area (Å²) in [5.41, 5.74) is 0.244. The van der Waals surface area contributed by atoms with Crippen molar-refractivity contribution < 1.29 is 41.4 Å². The molecule has 2 N–H and O–H groups in total. The molecule has 10 heteroatoms. The van der Waals surface area contributed by atoms with E-state index < -0.39 is 50.0 Å². The van der Waals surface area contributed by atoms with Crippen molar-refractivity contribution in [3.05, 3.63) is 29.8 Å². The Morgan fingerprint density at radius 2 is 1.92 bits per heavy atom. The average Bonchev–Trinajstić information content (AvgIpc) is 2.43. The topological polar surface area (TPSA) is 75.6 Å². The van der Waals surface area contributed by atoms with E-state index in [0.29, 0.717) is 0 Å². The number of halogens is 5. The van der Waals surface area contributed by atoms with Gasteiger partial charge in [-0.3, -0.25) is 4.79 Å². The lowest BCUT2D eigenvalue weighted by Crippen LogP contribution is -2.42. The fourth-order valence-corrected chi connectivity index (χ4v) is 1.74. The molecule has 1 unspecified atom stereocenters. The molecule has 1 aromatic carbocycles. The number of ether oxygens (including phenoxy) is 1. The molecule has 0 aliphatic rings. The Morgan fingerprint density at radius 1 is 1.25 bits per heavy atom. The van der Waals surface area contributed by atoms with Gasteiger partial charge in [-0.25, -0.2) is 13.6 Å². The zero-order valence-electron chi connectivity index (χ0n) is 12.1. The number of amides is 1. The van der Waals surface area contributed by atoms with E-state index in [-0.39, 0.29) is 11.3 Å². The average molecular weight is 355 g/mol. The lowest BCUT2D eigenvalue weighted by Gasteiger charge is -2.14. The molecular weight excluding hydrogens is 341 g/mol. The number of carboxylic acids is 1. The van der Waals surface area contributed by atoms with Gasteiger partial charge in [-0.1, -0.05) is 12.1 Å². The van der Waals surface area contributed by atoms with Gasteiger partial charge in [0.15, 0.2) is 6.61 Å². The standard InChI is InChI=1S/C14H14F5NO4/c15-11(16)6-10(13(22)23)20-12(21)5-8-2-1-3-9(4-8)24-7-14(17,18)19/h1-4,10-11H,5-7H2,(H,20,21)(H,22,23). The highest BCUT2D eigenvalue weighted by atomic mass is 19.4. The number of carboxylic acid groups (broad SMARTS) is 1. The van der Waals surface area contributed by atoms with Crippen LogP contribution >= 0.6 is 0 Å². The van der Waals surface area contributed by atoms with Crippen LogP contribution in [0.1, 0.15) is 12.0 Å². The van der Waals surface area contributed by atoms with Crippen molar-refractivity contribution >= 4 is 11.9 Å². The molecule has 134 valence electrons. The predicted molar refractivity (Wildman–Crippen MR) is 71.9 cm³/mol. The lowest BCUT2D eigenvalue weighted by atomic mass is 10.1. The first-order chi connectivity index (χ1) is 11.1. The molecule has 1 amide bonds. The van der Waals surface area contributed by atoms with Crippen molar-refractivity contribution in [2.24, 2.45) is 0 Å². The molecule has 5 nitrogen and oxygen atoms in total. The fourth-order valence-electron chi connectivity index (χ4n) is 1.74. The maximum atomic E-state index is 12.2. The summed E-state index contributed by atoms with van der Waals surface area (Å²) in [6.45, 7) is -1.50. The van der Waals surface area contributed by atoms with E-state index >= 15 is 0 Å². The molecule has 0 aliphatic heterocycles. The molecule has 0 saturated carbocycles. The highest BCUT2D eigenvalue weighted by molar-refractivity contribution is 5.84. The number of carbonyl (C=O) groups is 2. The van der Waals surface area contributed by atoms with Crippen LogP contribution in [0.15, 0.2) is 24.3 Å². The van der Waals surface area contributed by atoms with Gasteiger partial charge in [0.1, 0.15) is 11.8 Å². The Kier molecular flexibility index (Phi) is 6.93. The highest BCUT2D eigenvalue weighted by Crippen LogP contribution is 2.19. The van der Waals surface area contributed by atoms with E-state index in [0.717, 1.165) is 0 Å². The molecule has 0 bridgehead atoms. The third-order valence-corrected chi connectivity index (χ3v) is 2.71. The quantitative estimate of drug-likeness (QED) is 0.702. The Hall–Kier alpha value is -2.39. The van der Waals surface area contributed by atoms with Gasteiger partial charge in [-0.2, -0.15) is 13.2 Å².